The number of nitrogens with zero attached hydrogens (tertiary/aromatic N) is 2. The Kier molecular flexibility index (Phi) is 2.89. The van der Waals surface area contributed by atoms with E-state index in [9.17, 15) is 0 Å². The lowest BCUT2D eigenvalue weighted by Crippen LogP contribution is -2.10. The molecule has 2 N–H and O–H groups in total. The first-order chi connectivity index (χ1) is 7.31. The lowest BCUT2D eigenvalue weighted by molar-refractivity contribution is 0.126. The number of hydrogen-bond acceptors (Lipinski definition) is 4. The van der Waals surface area contributed by atoms with Crippen molar-refractivity contribution in [2.75, 3.05) is 6.61 Å². The Morgan fingerprint density at radius 2 is 2.07 bits per heavy atom. The molecule has 78 valence electrons. The van der Waals surface area contributed by atoms with Crippen molar-refractivity contribution in [3.63, 3.8) is 0 Å². The Hall–Kier alpha value is -1.52. The molecule has 0 fully saturated rings. The van der Waals surface area contributed by atoms with Crippen LogP contribution in [0.15, 0.2) is 30.5 Å². The summed E-state index contributed by atoms with van der Waals surface area (Å²) in [5.74, 6) is 5.19. The van der Waals surface area contributed by atoms with Crippen LogP contribution in [0.3, 0.4) is 0 Å². The molecular weight excluding hydrogens is 190 g/mol. The largest absolute Gasteiger partial charge is 0.304 e. The van der Waals surface area contributed by atoms with Gasteiger partial charge in [-0.2, -0.15) is 0 Å². The van der Waals surface area contributed by atoms with Crippen LogP contribution in [0.2, 0.25) is 0 Å². The Morgan fingerprint density at radius 3 is 2.80 bits per heavy atom. The Bertz CT molecular complexity index is 458. The summed E-state index contributed by atoms with van der Waals surface area (Å²) in [6, 6.07) is 7.78. The number of para-hydroxylation sites is 2. The van der Waals surface area contributed by atoms with Crippen molar-refractivity contribution in [1.29, 1.82) is 0 Å². The number of fused-ring (bicyclic) bond motifs is 1. The van der Waals surface area contributed by atoms with Crippen LogP contribution in [0.25, 0.3) is 11.0 Å². The zero-order valence-electron chi connectivity index (χ0n) is 8.55. The molecule has 15 heavy (non-hydrogen) atoms. The monoisotopic (exact) mass is 203 g/mol. The Balaban J connectivity index is 2.38. The summed E-state index contributed by atoms with van der Waals surface area (Å²) in [6.45, 7) is 2.46. The van der Waals surface area contributed by atoms with Gasteiger partial charge in [-0.1, -0.05) is 19.1 Å². The van der Waals surface area contributed by atoms with Crippen LogP contribution in [0.5, 0.6) is 0 Å². The van der Waals surface area contributed by atoms with E-state index in [-0.39, 0.29) is 5.92 Å². The summed E-state index contributed by atoms with van der Waals surface area (Å²) in [5.41, 5.74) is 2.71. The van der Waals surface area contributed by atoms with Crippen molar-refractivity contribution < 1.29 is 4.84 Å². The lowest BCUT2D eigenvalue weighted by Gasteiger charge is -2.08. The molecule has 1 atom stereocenters. The predicted octanol–water partition coefficient (Wildman–Crippen LogP) is 1.62. The van der Waals surface area contributed by atoms with Crippen molar-refractivity contribution >= 4 is 11.0 Å². The molecule has 0 spiro atoms. The second kappa shape index (κ2) is 4.33. The number of hydrogen-bond donors (Lipinski definition) is 1. The van der Waals surface area contributed by atoms with E-state index < -0.39 is 0 Å². The van der Waals surface area contributed by atoms with Crippen molar-refractivity contribution in [2.45, 2.75) is 12.8 Å². The van der Waals surface area contributed by atoms with Crippen LogP contribution in [0.4, 0.5) is 0 Å². The average molecular weight is 203 g/mol. The van der Waals surface area contributed by atoms with Gasteiger partial charge in [-0.15, -0.1) is 0 Å². The highest BCUT2D eigenvalue weighted by atomic mass is 16.6. The van der Waals surface area contributed by atoms with Gasteiger partial charge in [0.15, 0.2) is 0 Å². The van der Waals surface area contributed by atoms with E-state index >= 15 is 0 Å². The number of aromatic nitrogens is 2. The fraction of sp³-hybridized carbons (Fsp3) is 0.273. The van der Waals surface area contributed by atoms with Crippen LogP contribution < -0.4 is 5.90 Å². The highest BCUT2D eigenvalue weighted by Gasteiger charge is 2.08. The van der Waals surface area contributed by atoms with Gasteiger partial charge in [-0.05, 0) is 12.1 Å². The maximum absolute atomic E-state index is 5.03. The van der Waals surface area contributed by atoms with E-state index in [1.807, 2.05) is 31.2 Å². The molecule has 2 rings (SSSR count). The molecule has 0 aliphatic carbocycles. The SMILES string of the molecule is CC(CON)c1cnc2ccccc2n1. The molecule has 1 aromatic heterocycles. The normalized spacial score (nSPS) is 12.9. The zero-order valence-corrected chi connectivity index (χ0v) is 8.55. The molecule has 4 nitrogen and oxygen atoms in total. The highest BCUT2D eigenvalue weighted by molar-refractivity contribution is 5.73. The van der Waals surface area contributed by atoms with E-state index in [2.05, 4.69) is 14.8 Å². The topological polar surface area (TPSA) is 61.0 Å². The minimum Gasteiger partial charge on any atom is -0.304 e. The third-order valence-electron chi connectivity index (χ3n) is 2.32. The van der Waals surface area contributed by atoms with Crippen LogP contribution in [0.1, 0.15) is 18.5 Å². The van der Waals surface area contributed by atoms with E-state index in [1.54, 1.807) is 6.20 Å². The fourth-order valence-electron chi connectivity index (χ4n) is 1.44. The van der Waals surface area contributed by atoms with Crippen molar-refractivity contribution in [2.24, 2.45) is 5.90 Å². The molecule has 0 aliphatic rings. The van der Waals surface area contributed by atoms with Gasteiger partial charge < -0.3 is 4.84 Å². The van der Waals surface area contributed by atoms with Gasteiger partial charge in [-0.25, -0.2) is 10.9 Å². The molecule has 1 heterocycles. The molecule has 0 radical (unpaired) electrons. The molecule has 4 heteroatoms. The van der Waals surface area contributed by atoms with Crippen LogP contribution in [0, 0.1) is 0 Å². The molecule has 0 bridgehead atoms. The Labute approximate surface area is 88.1 Å². The maximum atomic E-state index is 5.03. The first-order valence-electron chi connectivity index (χ1n) is 4.84. The summed E-state index contributed by atoms with van der Waals surface area (Å²) in [6.07, 6.45) is 1.77. The van der Waals surface area contributed by atoms with Crippen LogP contribution in [-0.4, -0.2) is 16.6 Å². The second-order valence-corrected chi connectivity index (χ2v) is 3.52. The van der Waals surface area contributed by atoms with Gasteiger partial charge in [0.1, 0.15) is 0 Å². The first kappa shape index (κ1) is 10.0. The zero-order chi connectivity index (χ0) is 10.7. The van der Waals surface area contributed by atoms with Gasteiger partial charge in [0.2, 0.25) is 0 Å². The molecule has 0 saturated heterocycles. The lowest BCUT2D eigenvalue weighted by atomic mass is 10.1. The van der Waals surface area contributed by atoms with Gasteiger partial charge in [0.05, 0.1) is 23.3 Å². The summed E-state index contributed by atoms with van der Waals surface area (Å²) in [4.78, 5) is 13.4. The number of rotatable bonds is 3. The summed E-state index contributed by atoms with van der Waals surface area (Å²) in [5, 5.41) is 0. The van der Waals surface area contributed by atoms with Crippen molar-refractivity contribution in [3.05, 3.63) is 36.2 Å². The molecule has 2 aromatic rings. The van der Waals surface area contributed by atoms with E-state index in [1.165, 1.54) is 0 Å². The number of nitrogens with two attached hydrogens (primary N) is 1. The van der Waals surface area contributed by atoms with Gasteiger partial charge in [0.25, 0.3) is 0 Å². The van der Waals surface area contributed by atoms with Crippen molar-refractivity contribution in [1.82, 2.24) is 9.97 Å². The summed E-state index contributed by atoms with van der Waals surface area (Å²) >= 11 is 0. The van der Waals surface area contributed by atoms with E-state index in [0.29, 0.717) is 6.61 Å². The molecule has 0 aliphatic heterocycles. The minimum atomic E-state index is 0.159. The third kappa shape index (κ3) is 2.11. The van der Waals surface area contributed by atoms with E-state index in [0.717, 1.165) is 16.7 Å². The second-order valence-electron chi connectivity index (χ2n) is 3.52. The maximum Gasteiger partial charge on any atom is 0.0890 e. The predicted molar refractivity (Wildman–Crippen MR) is 58.1 cm³/mol. The number of benzene rings is 1. The third-order valence-corrected chi connectivity index (χ3v) is 2.32. The van der Waals surface area contributed by atoms with Crippen molar-refractivity contribution in [3.8, 4) is 0 Å². The highest BCUT2D eigenvalue weighted by Crippen LogP contribution is 2.15. The smallest absolute Gasteiger partial charge is 0.0890 e. The summed E-state index contributed by atoms with van der Waals surface area (Å²) < 4.78 is 0. The first-order valence-corrected chi connectivity index (χ1v) is 4.84. The van der Waals surface area contributed by atoms with E-state index in [4.69, 9.17) is 5.90 Å². The fourth-order valence-corrected chi connectivity index (χ4v) is 1.44. The molecule has 0 saturated carbocycles. The van der Waals surface area contributed by atoms with Gasteiger partial charge in [0, 0.05) is 12.1 Å². The molecule has 1 unspecified atom stereocenters. The minimum absolute atomic E-state index is 0.159. The van der Waals surface area contributed by atoms with Gasteiger partial charge >= 0.3 is 0 Å². The average Bonchev–Trinajstić information content (AvgIpc) is 2.29. The quantitative estimate of drug-likeness (QED) is 0.770. The Morgan fingerprint density at radius 1 is 1.33 bits per heavy atom. The summed E-state index contributed by atoms with van der Waals surface area (Å²) in [7, 11) is 0. The standard InChI is InChI=1S/C11H13N3O/c1-8(7-15-12)11-6-13-9-4-2-3-5-10(9)14-11/h2-6,8H,7,12H2,1H3. The van der Waals surface area contributed by atoms with Gasteiger partial charge in [-0.3, -0.25) is 4.98 Å². The van der Waals surface area contributed by atoms with Crippen LogP contribution >= 0.6 is 0 Å². The molecule has 0 amide bonds. The molecular formula is C11H13N3O. The molecule has 1 aromatic carbocycles. The van der Waals surface area contributed by atoms with Crippen LogP contribution in [-0.2, 0) is 4.84 Å².